The number of aliphatic hydroxyl groups excluding tert-OH is 2. The molecule has 1 saturated carbocycles. The Labute approximate surface area is 54.5 Å². The minimum atomic E-state index is -0.487. The van der Waals surface area contributed by atoms with Gasteiger partial charge in [0.2, 0.25) is 0 Å². The summed E-state index contributed by atoms with van der Waals surface area (Å²) in [7, 11) is 0. The molecule has 2 atom stereocenters. The van der Waals surface area contributed by atoms with Crippen molar-refractivity contribution in [2.75, 3.05) is 6.61 Å². The molecular weight excluding hydrogens is 118 g/mol. The quantitative estimate of drug-likeness (QED) is 0.437. The number of rotatable bonds is 1. The highest BCUT2D eigenvalue weighted by Crippen LogP contribution is 2.26. The topological polar surface area (TPSA) is 66.5 Å². The number of aliphatic hydroxyl groups is 2. The molecule has 0 saturated heterocycles. The van der Waals surface area contributed by atoms with Crippen LogP contribution in [-0.4, -0.2) is 28.5 Å². The molecular formula is C6H13NO2. The van der Waals surface area contributed by atoms with Gasteiger partial charge in [0.15, 0.2) is 0 Å². The molecule has 1 aliphatic rings. The minimum absolute atomic E-state index is 0.00986. The predicted octanol–water partition coefficient (Wildman–Crippen LogP) is -0.779. The van der Waals surface area contributed by atoms with Crippen LogP contribution in [0.4, 0.5) is 0 Å². The van der Waals surface area contributed by atoms with Crippen molar-refractivity contribution in [3.63, 3.8) is 0 Å². The van der Waals surface area contributed by atoms with Crippen LogP contribution in [0.15, 0.2) is 0 Å². The summed E-state index contributed by atoms with van der Waals surface area (Å²) in [5.41, 5.74) is 5.15. The molecule has 0 aromatic heterocycles. The number of hydrogen-bond donors (Lipinski definition) is 3. The van der Waals surface area contributed by atoms with Gasteiger partial charge < -0.3 is 15.9 Å². The maximum atomic E-state index is 9.00. The van der Waals surface area contributed by atoms with Crippen LogP contribution in [0.2, 0.25) is 0 Å². The van der Waals surface area contributed by atoms with Gasteiger partial charge in [-0.3, -0.25) is 0 Å². The molecule has 2 unspecified atom stereocenters. The predicted molar refractivity (Wildman–Crippen MR) is 33.9 cm³/mol. The lowest BCUT2D eigenvalue weighted by Gasteiger charge is -2.19. The molecule has 3 heteroatoms. The van der Waals surface area contributed by atoms with E-state index >= 15 is 0 Å². The molecule has 1 aliphatic carbocycles. The van der Waals surface area contributed by atoms with E-state index in [0.29, 0.717) is 6.42 Å². The van der Waals surface area contributed by atoms with Crippen LogP contribution in [0, 0.1) is 0 Å². The molecule has 0 amide bonds. The van der Waals surface area contributed by atoms with Crippen LogP contribution >= 0.6 is 0 Å². The first kappa shape index (κ1) is 6.99. The van der Waals surface area contributed by atoms with Crippen molar-refractivity contribution >= 4 is 0 Å². The minimum Gasteiger partial charge on any atom is -0.394 e. The Morgan fingerprint density at radius 1 is 1.67 bits per heavy atom. The maximum absolute atomic E-state index is 9.00. The molecule has 0 aliphatic heterocycles. The van der Waals surface area contributed by atoms with Crippen molar-refractivity contribution in [3.05, 3.63) is 0 Å². The van der Waals surface area contributed by atoms with Crippen molar-refractivity contribution in [1.82, 2.24) is 0 Å². The lowest BCUT2D eigenvalue weighted by atomic mass is 10.0. The zero-order valence-electron chi connectivity index (χ0n) is 5.38. The lowest BCUT2D eigenvalue weighted by Crippen LogP contribution is -2.41. The molecule has 0 aromatic carbocycles. The monoisotopic (exact) mass is 131 g/mol. The summed E-state index contributed by atoms with van der Waals surface area (Å²) in [4.78, 5) is 0. The van der Waals surface area contributed by atoms with Crippen molar-refractivity contribution in [2.45, 2.75) is 30.9 Å². The van der Waals surface area contributed by atoms with Gasteiger partial charge in [0.05, 0.1) is 12.7 Å². The average Bonchev–Trinajstić information content (AvgIpc) is 2.13. The van der Waals surface area contributed by atoms with E-state index in [4.69, 9.17) is 15.9 Å². The molecule has 1 rings (SSSR count). The SMILES string of the molecule is NC1(CO)CCC(O)C1. The fourth-order valence-corrected chi connectivity index (χ4v) is 1.27. The molecule has 3 nitrogen and oxygen atoms in total. The van der Waals surface area contributed by atoms with E-state index in [1.807, 2.05) is 0 Å². The summed E-state index contributed by atoms with van der Waals surface area (Å²) in [5.74, 6) is 0. The zero-order chi connectivity index (χ0) is 6.91. The van der Waals surface area contributed by atoms with Crippen LogP contribution in [0.1, 0.15) is 19.3 Å². The second kappa shape index (κ2) is 2.25. The van der Waals surface area contributed by atoms with Crippen LogP contribution in [0.3, 0.4) is 0 Å². The second-order valence-electron chi connectivity index (χ2n) is 2.92. The molecule has 0 radical (unpaired) electrons. The average molecular weight is 131 g/mol. The lowest BCUT2D eigenvalue weighted by molar-refractivity contribution is 0.150. The zero-order valence-corrected chi connectivity index (χ0v) is 5.38. The normalized spacial score (nSPS) is 43.7. The van der Waals surface area contributed by atoms with E-state index in [9.17, 15) is 0 Å². The van der Waals surface area contributed by atoms with E-state index in [2.05, 4.69) is 0 Å². The largest absolute Gasteiger partial charge is 0.394 e. The Bertz CT molecular complexity index is 107. The van der Waals surface area contributed by atoms with Gasteiger partial charge in [-0.05, 0) is 19.3 Å². The van der Waals surface area contributed by atoms with Crippen molar-refractivity contribution in [3.8, 4) is 0 Å². The van der Waals surface area contributed by atoms with E-state index < -0.39 is 5.54 Å². The fraction of sp³-hybridized carbons (Fsp3) is 1.00. The molecule has 9 heavy (non-hydrogen) atoms. The molecule has 54 valence electrons. The Hall–Kier alpha value is -0.120. The van der Waals surface area contributed by atoms with E-state index in [1.165, 1.54) is 0 Å². The summed E-state index contributed by atoms with van der Waals surface area (Å²) >= 11 is 0. The molecule has 0 bridgehead atoms. The molecule has 0 aromatic rings. The van der Waals surface area contributed by atoms with E-state index in [-0.39, 0.29) is 12.7 Å². The standard InChI is InChI=1S/C6H13NO2/c7-6(4-8)2-1-5(9)3-6/h5,8-9H,1-4,7H2. The first-order chi connectivity index (χ1) is 4.16. The summed E-state index contributed by atoms with van der Waals surface area (Å²) in [6.07, 6.45) is 1.73. The van der Waals surface area contributed by atoms with Crippen LogP contribution in [0.25, 0.3) is 0 Å². The Balaban J connectivity index is 2.45. The third-order valence-corrected chi connectivity index (χ3v) is 1.93. The third kappa shape index (κ3) is 1.41. The van der Waals surface area contributed by atoms with Crippen molar-refractivity contribution in [1.29, 1.82) is 0 Å². The van der Waals surface area contributed by atoms with Gasteiger partial charge in [0.1, 0.15) is 0 Å². The maximum Gasteiger partial charge on any atom is 0.0612 e. The summed E-state index contributed by atoms with van der Waals surface area (Å²) < 4.78 is 0. The fourth-order valence-electron chi connectivity index (χ4n) is 1.27. The van der Waals surface area contributed by atoms with Gasteiger partial charge in [-0.2, -0.15) is 0 Å². The van der Waals surface area contributed by atoms with Gasteiger partial charge in [0, 0.05) is 5.54 Å². The van der Waals surface area contributed by atoms with Crippen molar-refractivity contribution in [2.24, 2.45) is 5.73 Å². The Morgan fingerprint density at radius 3 is 2.56 bits per heavy atom. The van der Waals surface area contributed by atoms with Gasteiger partial charge in [0.25, 0.3) is 0 Å². The Kier molecular flexibility index (Phi) is 1.75. The second-order valence-corrected chi connectivity index (χ2v) is 2.92. The number of hydrogen-bond acceptors (Lipinski definition) is 3. The molecule has 0 spiro atoms. The van der Waals surface area contributed by atoms with Gasteiger partial charge in [-0.1, -0.05) is 0 Å². The van der Waals surface area contributed by atoms with Gasteiger partial charge >= 0.3 is 0 Å². The third-order valence-electron chi connectivity index (χ3n) is 1.93. The number of nitrogens with two attached hydrogens (primary N) is 1. The van der Waals surface area contributed by atoms with Crippen LogP contribution < -0.4 is 5.73 Å². The molecule has 1 fully saturated rings. The van der Waals surface area contributed by atoms with Crippen LogP contribution in [-0.2, 0) is 0 Å². The van der Waals surface area contributed by atoms with Crippen molar-refractivity contribution < 1.29 is 10.2 Å². The summed E-state index contributed by atoms with van der Waals surface area (Å²) in [6.45, 7) is -0.00986. The van der Waals surface area contributed by atoms with Crippen LogP contribution in [0.5, 0.6) is 0 Å². The smallest absolute Gasteiger partial charge is 0.0612 e. The van der Waals surface area contributed by atoms with E-state index in [1.54, 1.807) is 0 Å². The molecule has 0 heterocycles. The highest BCUT2D eigenvalue weighted by Gasteiger charge is 2.33. The first-order valence-electron chi connectivity index (χ1n) is 3.24. The first-order valence-corrected chi connectivity index (χ1v) is 3.24. The molecule has 4 N–H and O–H groups in total. The van der Waals surface area contributed by atoms with Gasteiger partial charge in [-0.25, -0.2) is 0 Å². The highest BCUT2D eigenvalue weighted by molar-refractivity contribution is 4.92. The van der Waals surface area contributed by atoms with Gasteiger partial charge in [-0.15, -0.1) is 0 Å². The summed E-state index contributed by atoms with van der Waals surface area (Å²) in [5, 5.41) is 17.7. The van der Waals surface area contributed by atoms with E-state index in [0.717, 1.165) is 12.8 Å². The Morgan fingerprint density at radius 2 is 2.33 bits per heavy atom. The summed E-state index contributed by atoms with van der Waals surface area (Å²) in [6, 6.07) is 0. The highest BCUT2D eigenvalue weighted by atomic mass is 16.3.